The van der Waals surface area contributed by atoms with Crippen molar-refractivity contribution in [3.63, 3.8) is 0 Å². The normalized spacial score (nSPS) is 12.8. The summed E-state index contributed by atoms with van der Waals surface area (Å²) in [5.41, 5.74) is 0. The van der Waals surface area contributed by atoms with Crippen molar-refractivity contribution in [2.24, 2.45) is 5.92 Å². The highest BCUT2D eigenvalue weighted by Gasteiger charge is 2.06. The van der Waals surface area contributed by atoms with Crippen molar-refractivity contribution in [1.29, 1.82) is 0 Å². The van der Waals surface area contributed by atoms with Crippen molar-refractivity contribution in [3.8, 4) is 0 Å². The summed E-state index contributed by atoms with van der Waals surface area (Å²) in [6.45, 7) is 4.59. The smallest absolute Gasteiger partial charge is 0.00596 e. The highest BCUT2D eigenvalue weighted by atomic mass is 79.9. The number of unbranched alkanes of at least 4 members (excludes halogenated alkanes) is 10. The van der Waals surface area contributed by atoms with Gasteiger partial charge in [0.15, 0.2) is 0 Å². The molecule has 0 fully saturated rings. The van der Waals surface area contributed by atoms with Gasteiger partial charge in [-0.2, -0.15) is 0 Å². The Morgan fingerprint density at radius 3 is 1.32 bits per heavy atom. The number of hydrogen-bond donors (Lipinski definition) is 0. The van der Waals surface area contributed by atoms with Crippen LogP contribution in [0.15, 0.2) is 0 Å². The predicted molar refractivity (Wildman–Crippen MR) is 93.3 cm³/mol. The molecular formula is C18H37Br. The molecule has 0 saturated heterocycles. The van der Waals surface area contributed by atoms with Gasteiger partial charge in [-0.3, -0.25) is 0 Å². The number of hydrogen-bond acceptors (Lipinski definition) is 0. The first-order valence-corrected chi connectivity index (χ1v) is 10.0. The molecule has 0 aliphatic carbocycles. The lowest BCUT2D eigenvalue weighted by atomic mass is 9.96. The van der Waals surface area contributed by atoms with Gasteiger partial charge in [-0.15, -0.1) is 0 Å². The van der Waals surface area contributed by atoms with Crippen LogP contribution < -0.4 is 0 Å². The van der Waals surface area contributed by atoms with Gasteiger partial charge in [0.05, 0.1) is 0 Å². The predicted octanol–water partition coefficient (Wildman–Crippen LogP) is 7.50. The van der Waals surface area contributed by atoms with Crippen LogP contribution in [0.5, 0.6) is 0 Å². The van der Waals surface area contributed by atoms with Crippen LogP contribution in [-0.2, 0) is 0 Å². The molecule has 0 aliphatic heterocycles. The zero-order chi connectivity index (χ0) is 14.2. The largest absolute Gasteiger partial charge is 0.0925 e. The maximum absolute atomic E-state index is 3.70. The molecule has 0 aliphatic rings. The number of alkyl halides is 1. The maximum atomic E-state index is 3.70. The van der Waals surface area contributed by atoms with Crippen LogP contribution in [0.25, 0.3) is 0 Å². The Morgan fingerprint density at radius 2 is 0.947 bits per heavy atom. The van der Waals surface area contributed by atoms with Gasteiger partial charge in [0.25, 0.3) is 0 Å². The molecule has 0 spiro atoms. The molecule has 0 N–H and O–H groups in total. The number of halogens is 1. The minimum absolute atomic E-state index is 0.942. The average molecular weight is 333 g/mol. The quantitative estimate of drug-likeness (QED) is 0.215. The molecule has 0 saturated carbocycles. The van der Waals surface area contributed by atoms with E-state index in [1.165, 1.54) is 95.2 Å². The molecule has 0 bridgehead atoms. The first-order valence-electron chi connectivity index (χ1n) is 8.91. The Morgan fingerprint density at radius 1 is 0.579 bits per heavy atom. The number of rotatable bonds is 15. The van der Waals surface area contributed by atoms with Crippen molar-refractivity contribution in [3.05, 3.63) is 0 Å². The molecule has 0 nitrogen and oxygen atoms in total. The molecule has 0 amide bonds. The summed E-state index contributed by atoms with van der Waals surface area (Å²) in [5, 5.41) is 1.22. The van der Waals surface area contributed by atoms with E-state index in [1.807, 2.05) is 0 Å². The molecule has 1 heteroatoms. The minimum Gasteiger partial charge on any atom is -0.0925 e. The van der Waals surface area contributed by atoms with Gasteiger partial charge in [-0.1, -0.05) is 107 Å². The molecule has 1 unspecified atom stereocenters. The first-order chi connectivity index (χ1) is 9.35. The summed E-state index contributed by atoms with van der Waals surface area (Å²) >= 11 is 3.70. The summed E-state index contributed by atoms with van der Waals surface area (Å²) in [5.74, 6) is 0.942. The van der Waals surface area contributed by atoms with Crippen LogP contribution in [0, 0.1) is 5.92 Å². The van der Waals surface area contributed by atoms with E-state index in [9.17, 15) is 0 Å². The Kier molecular flexibility index (Phi) is 17.0. The molecule has 0 aromatic rings. The summed E-state index contributed by atoms with van der Waals surface area (Å²) in [4.78, 5) is 0. The van der Waals surface area contributed by atoms with Gasteiger partial charge in [0, 0.05) is 5.33 Å². The van der Waals surface area contributed by atoms with Gasteiger partial charge >= 0.3 is 0 Å². The van der Waals surface area contributed by atoms with Gasteiger partial charge < -0.3 is 0 Å². The van der Waals surface area contributed by atoms with Gasteiger partial charge in [-0.05, 0) is 18.8 Å². The summed E-state index contributed by atoms with van der Waals surface area (Å²) in [6.07, 6.45) is 20.1. The van der Waals surface area contributed by atoms with E-state index in [0.717, 1.165) is 5.92 Å². The second kappa shape index (κ2) is 16.5. The third-order valence-corrected chi connectivity index (χ3v) is 5.07. The third-order valence-electron chi connectivity index (χ3n) is 4.15. The molecule has 0 radical (unpaired) electrons. The fourth-order valence-corrected chi connectivity index (χ4v) is 3.37. The Bertz CT molecular complexity index is 156. The van der Waals surface area contributed by atoms with Crippen molar-refractivity contribution >= 4 is 15.9 Å². The lowest BCUT2D eigenvalue weighted by Crippen LogP contribution is -2.02. The highest BCUT2D eigenvalue weighted by molar-refractivity contribution is 9.09. The van der Waals surface area contributed by atoms with Crippen molar-refractivity contribution in [1.82, 2.24) is 0 Å². The summed E-state index contributed by atoms with van der Waals surface area (Å²) in [7, 11) is 0. The second-order valence-corrected chi connectivity index (χ2v) is 6.78. The Hall–Kier alpha value is 0.480. The average Bonchev–Trinajstić information content (AvgIpc) is 2.44. The van der Waals surface area contributed by atoms with E-state index < -0.39 is 0 Å². The minimum atomic E-state index is 0.942. The summed E-state index contributed by atoms with van der Waals surface area (Å²) in [6, 6.07) is 0. The van der Waals surface area contributed by atoms with Crippen molar-refractivity contribution in [2.45, 2.75) is 104 Å². The highest BCUT2D eigenvalue weighted by Crippen LogP contribution is 2.20. The van der Waals surface area contributed by atoms with Crippen molar-refractivity contribution in [2.75, 3.05) is 5.33 Å². The van der Waals surface area contributed by atoms with Gasteiger partial charge in [0.1, 0.15) is 0 Å². The van der Waals surface area contributed by atoms with E-state index in [4.69, 9.17) is 0 Å². The van der Waals surface area contributed by atoms with E-state index in [1.54, 1.807) is 0 Å². The van der Waals surface area contributed by atoms with E-state index >= 15 is 0 Å². The van der Waals surface area contributed by atoms with Crippen LogP contribution in [0.1, 0.15) is 104 Å². The molecule has 1 atom stereocenters. The van der Waals surface area contributed by atoms with Crippen LogP contribution in [0.4, 0.5) is 0 Å². The molecule has 19 heavy (non-hydrogen) atoms. The fourth-order valence-electron chi connectivity index (χ4n) is 2.73. The van der Waals surface area contributed by atoms with Crippen LogP contribution in [-0.4, -0.2) is 5.33 Å². The van der Waals surface area contributed by atoms with Crippen LogP contribution in [0.2, 0.25) is 0 Å². The molecule has 0 aromatic carbocycles. The molecule has 0 rings (SSSR count). The summed E-state index contributed by atoms with van der Waals surface area (Å²) < 4.78 is 0. The van der Waals surface area contributed by atoms with Crippen LogP contribution >= 0.6 is 15.9 Å². The molecule has 116 valence electrons. The molecular weight excluding hydrogens is 296 g/mol. The maximum Gasteiger partial charge on any atom is 0.00596 e. The lowest BCUT2D eigenvalue weighted by Gasteiger charge is -2.13. The fraction of sp³-hybridized carbons (Fsp3) is 1.00. The topological polar surface area (TPSA) is 0 Å². The first kappa shape index (κ1) is 19.5. The standard InChI is InChI=1S/C18H37Br/c1-3-5-7-9-10-12-14-16-18(17-19)15-13-11-8-6-4-2/h18H,3-17H2,1-2H3. The molecule has 0 heterocycles. The van der Waals surface area contributed by atoms with Crippen molar-refractivity contribution < 1.29 is 0 Å². The zero-order valence-corrected chi connectivity index (χ0v) is 15.1. The SMILES string of the molecule is CCCCCCCCCC(CBr)CCCCCCC. The monoisotopic (exact) mass is 332 g/mol. The Balaban J connectivity index is 3.29. The second-order valence-electron chi connectivity index (χ2n) is 6.13. The van der Waals surface area contributed by atoms with E-state index in [2.05, 4.69) is 29.8 Å². The van der Waals surface area contributed by atoms with Crippen LogP contribution in [0.3, 0.4) is 0 Å². The zero-order valence-electron chi connectivity index (χ0n) is 13.6. The van der Waals surface area contributed by atoms with Gasteiger partial charge in [-0.25, -0.2) is 0 Å². The van der Waals surface area contributed by atoms with E-state index in [0.29, 0.717) is 0 Å². The lowest BCUT2D eigenvalue weighted by molar-refractivity contribution is 0.439. The third kappa shape index (κ3) is 14.7. The van der Waals surface area contributed by atoms with Gasteiger partial charge in [0.2, 0.25) is 0 Å². The molecule has 0 aromatic heterocycles. The Labute approximate surface area is 131 Å². The van der Waals surface area contributed by atoms with E-state index in [-0.39, 0.29) is 0 Å².